The first-order valence-electron chi connectivity index (χ1n) is 10.00. The van der Waals surface area contributed by atoms with Crippen LogP contribution < -0.4 is 5.32 Å². The van der Waals surface area contributed by atoms with Gasteiger partial charge in [0.05, 0.1) is 29.6 Å². The zero-order valence-corrected chi connectivity index (χ0v) is 16.5. The zero-order chi connectivity index (χ0) is 19.5. The van der Waals surface area contributed by atoms with Crippen molar-refractivity contribution in [2.75, 3.05) is 19.0 Å². The maximum atomic E-state index is 12.6. The molecule has 0 spiro atoms. The lowest BCUT2D eigenvalue weighted by Gasteiger charge is -2.19. The Labute approximate surface area is 164 Å². The van der Waals surface area contributed by atoms with Gasteiger partial charge >= 0.3 is 0 Å². The van der Waals surface area contributed by atoms with Crippen molar-refractivity contribution in [3.63, 3.8) is 0 Å². The van der Waals surface area contributed by atoms with Crippen molar-refractivity contribution in [3.8, 4) is 11.3 Å². The smallest absolute Gasteiger partial charge is 0.223 e. The summed E-state index contributed by atoms with van der Waals surface area (Å²) in [6, 6.07) is 2.31. The molecule has 8 nitrogen and oxygen atoms in total. The molecule has 1 N–H and O–H groups in total. The number of nitrogens with one attached hydrogen (secondary N) is 1. The summed E-state index contributed by atoms with van der Waals surface area (Å²) >= 11 is 0. The van der Waals surface area contributed by atoms with Gasteiger partial charge in [0, 0.05) is 38.4 Å². The first-order chi connectivity index (χ1) is 13.6. The normalized spacial score (nSPS) is 19.0. The number of anilines is 1. The highest BCUT2D eigenvalue weighted by molar-refractivity contribution is 5.76. The first kappa shape index (κ1) is 18.9. The fourth-order valence-electron chi connectivity index (χ4n) is 3.37. The summed E-state index contributed by atoms with van der Waals surface area (Å²) in [5.74, 6) is 1.30. The lowest BCUT2D eigenvalue weighted by atomic mass is 10.1. The lowest BCUT2D eigenvalue weighted by molar-refractivity contribution is -0.131. The summed E-state index contributed by atoms with van der Waals surface area (Å²) in [5.41, 5.74) is 2.31. The van der Waals surface area contributed by atoms with E-state index in [4.69, 9.17) is 9.26 Å². The molecule has 2 aromatic heterocycles. The number of ether oxygens (including phenoxy) is 1. The highest BCUT2D eigenvalue weighted by Gasteiger charge is 2.24. The van der Waals surface area contributed by atoms with Crippen LogP contribution >= 0.6 is 0 Å². The van der Waals surface area contributed by atoms with Gasteiger partial charge in [-0.1, -0.05) is 5.16 Å². The van der Waals surface area contributed by atoms with Crippen LogP contribution in [0.15, 0.2) is 16.8 Å². The molecule has 1 atom stereocenters. The van der Waals surface area contributed by atoms with Crippen LogP contribution in [0, 0.1) is 6.92 Å². The lowest BCUT2D eigenvalue weighted by Crippen LogP contribution is -2.28. The second-order valence-corrected chi connectivity index (χ2v) is 7.73. The molecule has 8 heteroatoms. The quantitative estimate of drug-likeness (QED) is 0.747. The molecule has 0 bridgehead atoms. The van der Waals surface area contributed by atoms with E-state index in [1.807, 2.05) is 20.0 Å². The van der Waals surface area contributed by atoms with E-state index in [-0.39, 0.29) is 12.0 Å². The Morgan fingerprint density at radius 1 is 1.36 bits per heavy atom. The van der Waals surface area contributed by atoms with Crippen LogP contribution in [0.5, 0.6) is 0 Å². The Balaban J connectivity index is 1.47. The number of carbonyl (C=O) groups is 1. The largest absolute Gasteiger partial charge is 0.378 e. The van der Waals surface area contributed by atoms with Crippen LogP contribution in [0.4, 0.5) is 5.95 Å². The van der Waals surface area contributed by atoms with Crippen molar-refractivity contribution in [2.24, 2.45) is 0 Å². The Morgan fingerprint density at radius 3 is 2.89 bits per heavy atom. The third kappa shape index (κ3) is 4.67. The molecule has 0 unspecified atom stereocenters. The van der Waals surface area contributed by atoms with Crippen molar-refractivity contribution >= 4 is 11.9 Å². The van der Waals surface area contributed by atoms with Crippen LogP contribution in [0.1, 0.15) is 49.9 Å². The van der Waals surface area contributed by atoms with Gasteiger partial charge in [-0.2, -0.15) is 0 Å². The van der Waals surface area contributed by atoms with E-state index in [0.717, 1.165) is 55.7 Å². The number of carbonyl (C=O) groups excluding carboxylic acids is 1. The standard InChI is InChI=1S/C20H27N5O3/c1-13-10-18(28-24-13)16-11-21-20(22-14-5-6-14)23-17(16)12-25(2)19(26)8-7-15-4-3-9-27-15/h10-11,14-15H,3-9,12H2,1-2H3,(H,21,22,23)/t15-/m0/s1. The van der Waals surface area contributed by atoms with E-state index in [9.17, 15) is 4.79 Å². The SMILES string of the molecule is Cc1cc(-c2cnc(NC3CC3)nc2CN(C)C(=O)CC[C@@H]2CCCO2)on1. The van der Waals surface area contributed by atoms with Crippen LogP contribution in [0.2, 0.25) is 0 Å². The average molecular weight is 385 g/mol. The molecule has 150 valence electrons. The molecule has 1 amide bonds. The van der Waals surface area contributed by atoms with Crippen molar-refractivity contribution in [1.29, 1.82) is 0 Å². The molecule has 3 heterocycles. The molecular formula is C20H27N5O3. The predicted octanol–water partition coefficient (Wildman–Crippen LogP) is 2.93. The summed E-state index contributed by atoms with van der Waals surface area (Å²) in [5, 5.41) is 7.28. The number of rotatable bonds is 8. The van der Waals surface area contributed by atoms with E-state index >= 15 is 0 Å². The van der Waals surface area contributed by atoms with Crippen molar-refractivity contribution < 1.29 is 14.1 Å². The summed E-state index contributed by atoms with van der Waals surface area (Å²) in [6.07, 6.45) is 7.65. The molecule has 2 fully saturated rings. The Kier molecular flexibility index (Phi) is 5.57. The zero-order valence-electron chi connectivity index (χ0n) is 16.5. The van der Waals surface area contributed by atoms with Gasteiger partial charge in [0.15, 0.2) is 5.76 Å². The summed E-state index contributed by atoms with van der Waals surface area (Å²) in [7, 11) is 1.81. The molecular weight excluding hydrogens is 358 g/mol. The molecule has 28 heavy (non-hydrogen) atoms. The van der Waals surface area contributed by atoms with Crippen molar-refractivity contribution in [1.82, 2.24) is 20.0 Å². The number of aromatic nitrogens is 3. The molecule has 2 aromatic rings. The van der Waals surface area contributed by atoms with Crippen LogP contribution in [-0.4, -0.2) is 51.7 Å². The summed E-state index contributed by atoms with van der Waals surface area (Å²) < 4.78 is 11.0. The topological polar surface area (TPSA) is 93.4 Å². The number of aryl methyl sites for hydroxylation is 1. The minimum absolute atomic E-state index is 0.0884. The maximum absolute atomic E-state index is 12.6. The molecule has 1 saturated heterocycles. The first-order valence-corrected chi connectivity index (χ1v) is 10.00. The average Bonchev–Trinajstić information content (AvgIpc) is 3.16. The molecule has 0 radical (unpaired) electrons. The van der Waals surface area contributed by atoms with E-state index < -0.39 is 0 Å². The molecule has 4 rings (SSSR count). The van der Waals surface area contributed by atoms with Crippen LogP contribution in [0.3, 0.4) is 0 Å². The van der Waals surface area contributed by atoms with Crippen LogP contribution in [-0.2, 0) is 16.1 Å². The minimum Gasteiger partial charge on any atom is -0.378 e. The highest BCUT2D eigenvalue weighted by atomic mass is 16.5. The van der Waals surface area contributed by atoms with Gasteiger partial charge in [0.1, 0.15) is 0 Å². The Hall–Kier alpha value is -2.48. The summed E-state index contributed by atoms with van der Waals surface area (Å²) in [4.78, 5) is 23.4. The van der Waals surface area contributed by atoms with Crippen molar-refractivity contribution in [2.45, 2.75) is 64.1 Å². The van der Waals surface area contributed by atoms with Crippen LogP contribution in [0.25, 0.3) is 11.3 Å². The number of hydrogen-bond donors (Lipinski definition) is 1. The van der Waals surface area contributed by atoms with Gasteiger partial charge in [0.25, 0.3) is 0 Å². The highest BCUT2D eigenvalue weighted by Crippen LogP contribution is 2.27. The third-order valence-corrected chi connectivity index (χ3v) is 5.19. The van der Waals surface area contributed by atoms with E-state index in [1.165, 1.54) is 0 Å². The van der Waals surface area contributed by atoms with Gasteiger partial charge in [-0.05, 0) is 39.0 Å². The molecule has 1 aliphatic heterocycles. The van der Waals surface area contributed by atoms with E-state index in [2.05, 4.69) is 20.4 Å². The maximum Gasteiger partial charge on any atom is 0.223 e. The van der Waals surface area contributed by atoms with Gasteiger partial charge in [0.2, 0.25) is 11.9 Å². The second kappa shape index (κ2) is 8.26. The van der Waals surface area contributed by atoms with Gasteiger partial charge in [-0.25, -0.2) is 9.97 Å². The van der Waals surface area contributed by atoms with Crippen molar-refractivity contribution in [3.05, 3.63) is 23.7 Å². The molecule has 1 aliphatic carbocycles. The Bertz CT molecular complexity index is 827. The third-order valence-electron chi connectivity index (χ3n) is 5.19. The fourth-order valence-corrected chi connectivity index (χ4v) is 3.37. The fraction of sp³-hybridized carbons (Fsp3) is 0.600. The summed E-state index contributed by atoms with van der Waals surface area (Å²) in [6.45, 7) is 3.07. The molecule has 0 aromatic carbocycles. The second-order valence-electron chi connectivity index (χ2n) is 7.73. The number of hydrogen-bond acceptors (Lipinski definition) is 7. The monoisotopic (exact) mass is 385 g/mol. The van der Waals surface area contributed by atoms with Gasteiger partial charge < -0.3 is 19.5 Å². The number of amides is 1. The Morgan fingerprint density at radius 2 is 2.21 bits per heavy atom. The number of nitrogens with zero attached hydrogens (tertiary/aromatic N) is 4. The van der Waals surface area contributed by atoms with Gasteiger partial charge in [-0.15, -0.1) is 0 Å². The minimum atomic E-state index is 0.0884. The predicted molar refractivity (Wildman–Crippen MR) is 104 cm³/mol. The van der Waals surface area contributed by atoms with Gasteiger partial charge in [-0.3, -0.25) is 4.79 Å². The molecule has 2 aliphatic rings. The van der Waals surface area contributed by atoms with E-state index in [1.54, 1.807) is 11.1 Å². The molecule has 1 saturated carbocycles. The van der Waals surface area contributed by atoms with E-state index in [0.29, 0.717) is 30.7 Å².